The molecule has 3 rings (SSSR count). The number of nitrogens with zero attached hydrogens (tertiary/aromatic N) is 1. The van der Waals surface area contributed by atoms with Gasteiger partial charge in [-0.15, -0.1) is 0 Å². The van der Waals surface area contributed by atoms with Crippen molar-refractivity contribution < 1.29 is 9.53 Å². The fourth-order valence-electron chi connectivity index (χ4n) is 3.00. The lowest BCUT2D eigenvalue weighted by Crippen LogP contribution is -2.44. The standard InChI is InChI=1S/C20H21N3O2/c21-13-15-5-4-6-16(11-15)14-22-20(24)23-18-9-10-25-19(12-18)17-7-2-1-3-8-17/h1-8,11,18-19H,9-10,12,14H2,(H2,22,23,24)/t18-,19-/m1/s1. The third-order valence-corrected chi connectivity index (χ3v) is 4.30. The molecule has 1 fully saturated rings. The lowest BCUT2D eigenvalue weighted by atomic mass is 9.97. The molecule has 128 valence electrons. The molecule has 2 amide bonds. The fourth-order valence-corrected chi connectivity index (χ4v) is 3.00. The average molecular weight is 335 g/mol. The largest absolute Gasteiger partial charge is 0.373 e. The predicted octanol–water partition coefficient (Wildman–Crippen LogP) is 3.28. The second kappa shape index (κ2) is 8.32. The van der Waals surface area contributed by atoms with E-state index in [0.717, 1.165) is 24.0 Å². The number of ether oxygens (including phenoxy) is 1. The summed E-state index contributed by atoms with van der Waals surface area (Å²) in [7, 11) is 0. The van der Waals surface area contributed by atoms with Crippen molar-refractivity contribution in [1.82, 2.24) is 10.6 Å². The van der Waals surface area contributed by atoms with Crippen LogP contribution >= 0.6 is 0 Å². The van der Waals surface area contributed by atoms with E-state index in [1.807, 2.05) is 30.3 Å². The summed E-state index contributed by atoms with van der Waals surface area (Å²) in [6.45, 7) is 1.03. The van der Waals surface area contributed by atoms with Gasteiger partial charge in [0.25, 0.3) is 0 Å². The first-order valence-corrected chi connectivity index (χ1v) is 8.44. The summed E-state index contributed by atoms with van der Waals surface area (Å²) < 4.78 is 5.83. The molecule has 0 spiro atoms. The quantitative estimate of drug-likeness (QED) is 0.900. The number of rotatable bonds is 4. The van der Waals surface area contributed by atoms with Gasteiger partial charge in [-0.2, -0.15) is 5.26 Å². The summed E-state index contributed by atoms with van der Waals surface area (Å²) in [6, 6.07) is 19.3. The number of nitrogens with one attached hydrogen (secondary N) is 2. The minimum Gasteiger partial charge on any atom is -0.373 e. The summed E-state index contributed by atoms with van der Waals surface area (Å²) in [5, 5.41) is 14.8. The zero-order valence-electron chi connectivity index (χ0n) is 13.9. The van der Waals surface area contributed by atoms with Gasteiger partial charge in [0.1, 0.15) is 0 Å². The number of urea groups is 1. The molecular weight excluding hydrogens is 314 g/mol. The molecule has 2 aromatic rings. The van der Waals surface area contributed by atoms with Crippen LogP contribution in [0.1, 0.15) is 35.6 Å². The Balaban J connectivity index is 1.50. The van der Waals surface area contributed by atoms with E-state index in [9.17, 15) is 4.79 Å². The highest BCUT2D eigenvalue weighted by Crippen LogP contribution is 2.27. The van der Waals surface area contributed by atoms with Gasteiger partial charge in [0.2, 0.25) is 0 Å². The van der Waals surface area contributed by atoms with Crippen LogP contribution in [0.2, 0.25) is 0 Å². The molecule has 0 bridgehead atoms. The summed E-state index contributed by atoms with van der Waals surface area (Å²) in [4.78, 5) is 12.2. The molecule has 2 atom stereocenters. The van der Waals surface area contributed by atoms with Crippen LogP contribution < -0.4 is 10.6 Å². The molecule has 1 aliphatic rings. The van der Waals surface area contributed by atoms with Crippen molar-refractivity contribution in [3.8, 4) is 6.07 Å². The lowest BCUT2D eigenvalue weighted by Gasteiger charge is -2.30. The average Bonchev–Trinajstić information content (AvgIpc) is 2.67. The first-order valence-electron chi connectivity index (χ1n) is 8.44. The molecule has 0 saturated carbocycles. The summed E-state index contributed by atoms with van der Waals surface area (Å²) in [5.74, 6) is 0. The summed E-state index contributed by atoms with van der Waals surface area (Å²) in [5.41, 5.74) is 2.64. The maximum absolute atomic E-state index is 12.2. The van der Waals surface area contributed by atoms with Crippen LogP contribution in [0.3, 0.4) is 0 Å². The van der Waals surface area contributed by atoms with Gasteiger partial charge in [0, 0.05) is 19.2 Å². The van der Waals surface area contributed by atoms with Gasteiger partial charge in [-0.25, -0.2) is 4.79 Å². The Morgan fingerprint density at radius 3 is 2.84 bits per heavy atom. The molecule has 0 aromatic heterocycles. The van der Waals surface area contributed by atoms with Crippen molar-refractivity contribution in [2.75, 3.05) is 6.61 Å². The first kappa shape index (κ1) is 17.0. The van der Waals surface area contributed by atoms with Crippen LogP contribution in [0.25, 0.3) is 0 Å². The highest BCUT2D eigenvalue weighted by Gasteiger charge is 2.24. The molecule has 0 radical (unpaired) electrons. The predicted molar refractivity (Wildman–Crippen MR) is 94.7 cm³/mol. The Hall–Kier alpha value is -2.84. The molecule has 1 aliphatic heterocycles. The molecule has 1 saturated heterocycles. The number of carbonyl (C=O) groups excluding carboxylic acids is 1. The van der Waals surface area contributed by atoms with Gasteiger partial charge < -0.3 is 15.4 Å². The molecule has 25 heavy (non-hydrogen) atoms. The van der Waals surface area contributed by atoms with E-state index in [0.29, 0.717) is 18.7 Å². The summed E-state index contributed by atoms with van der Waals surface area (Å²) >= 11 is 0. The normalized spacial score (nSPS) is 19.6. The van der Waals surface area contributed by atoms with E-state index in [2.05, 4.69) is 28.8 Å². The van der Waals surface area contributed by atoms with Crippen LogP contribution in [-0.4, -0.2) is 18.7 Å². The molecule has 0 aliphatic carbocycles. The smallest absolute Gasteiger partial charge is 0.315 e. The van der Waals surface area contributed by atoms with Crippen molar-refractivity contribution >= 4 is 6.03 Å². The van der Waals surface area contributed by atoms with Crippen molar-refractivity contribution in [1.29, 1.82) is 5.26 Å². The minimum absolute atomic E-state index is 0.0209. The maximum Gasteiger partial charge on any atom is 0.315 e. The van der Waals surface area contributed by atoms with E-state index < -0.39 is 0 Å². The number of hydrogen-bond acceptors (Lipinski definition) is 3. The highest BCUT2D eigenvalue weighted by atomic mass is 16.5. The van der Waals surface area contributed by atoms with Gasteiger partial charge in [-0.1, -0.05) is 42.5 Å². The minimum atomic E-state index is -0.193. The van der Waals surface area contributed by atoms with Crippen molar-refractivity contribution in [2.45, 2.75) is 31.5 Å². The molecule has 1 heterocycles. The third kappa shape index (κ3) is 4.82. The Labute approximate surface area is 147 Å². The van der Waals surface area contributed by atoms with Crippen molar-refractivity contribution in [2.24, 2.45) is 0 Å². The van der Waals surface area contributed by atoms with Crippen LogP contribution in [0.4, 0.5) is 4.79 Å². The van der Waals surface area contributed by atoms with Crippen LogP contribution in [0.5, 0.6) is 0 Å². The summed E-state index contributed by atoms with van der Waals surface area (Å²) in [6.07, 6.45) is 1.59. The highest BCUT2D eigenvalue weighted by molar-refractivity contribution is 5.74. The zero-order chi connectivity index (χ0) is 17.5. The van der Waals surface area contributed by atoms with E-state index in [4.69, 9.17) is 10.00 Å². The molecule has 0 unspecified atom stereocenters. The monoisotopic (exact) mass is 335 g/mol. The topological polar surface area (TPSA) is 74.2 Å². The Bertz CT molecular complexity index is 755. The van der Waals surface area contributed by atoms with E-state index >= 15 is 0 Å². The third-order valence-electron chi connectivity index (χ3n) is 4.30. The van der Waals surface area contributed by atoms with Gasteiger partial charge in [-0.3, -0.25) is 0 Å². The molecular formula is C20H21N3O2. The number of nitriles is 1. The SMILES string of the molecule is N#Cc1cccc(CNC(=O)N[C@@H]2CCO[C@@H](c3ccccc3)C2)c1. The van der Waals surface area contributed by atoms with Crippen LogP contribution in [0.15, 0.2) is 54.6 Å². The van der Waals surface area contributed by atoms with Gasteiger partial charge >= 0.3 is 6.03 Å². The molecule has 5 nitrogen and oxygen atoms in total. The van der Waals surface area contributed by atoms with Crippen LogP contribution in [0, 0.1) is 11.3 Å². The number of carbonyl (C=O) groups is 1. The van der Waals surface area contributed by atoms with Crippen LogP contribution in [-0.2, 0) is 11.3 Å². The number of hydrogen-bond donors (Lipinski definition) is 2. The van der Waals surface area contributed by atoms with E-state index in [1.54, 1.807) is 12.1 Å². The van der Waals surface area contributed by atoms with Crippen molar-refractivity contribution in [3.63, 3.8) is 0 Å². The Kier molecular flexibility index (Phi) is 5.65. The van der Waals surface area contributed by atoms with Crippen molar-refractivity contribution in [3.05, 3.63) is 71.3 Å². The van der Waals surface area contributed by atoms with E-state index in [-0.39, 0.29) is 18.2 Å². The fraction of sp³-hybridized carbons (Fsp3) is 0.300. The van der Waals surface area contributed by atoms with E-state index in [1.165, 1.54) is 0 Å². The second-order valence-electron chi connectivity index (χ2n) is 6.13. The van der Waals surface area contributed by atoms with Gasteiger partial charge in [-0.05, 0) is 36.1 Å². The number of amides is 2. The second-order valence-corrected chi connectivity index (χ2v) is 6.13. The zero-order valence-corrected chi connectivity index (χ0v) is 13.9. The number of benzene rings is 2. The van der Waals surface area contributed by atoms with Gasteiger partial charge in [0.15, 0.2) is 0 Å². The Morgan fingerprint density at radius 1 is 1.20 bits per heavy atom. The van der Waals surface area contributed by atoms with Gasteiger partial charge in [0.05, 0.1) is 17.7 Å². The molecule has 2 aromatic carbocycles. The lowest BCUT2D eigenvalue weighted by molar-refractivity contribution is 0.00225. The molecule has 5 heteroatoms. The first-order chi connectivity index (χ1) is 12.2. The molecule has 2 N–H and O–H groups in total. The maximum atomic E-state index is 12.2. The Morgan fingerprint density at radius 2 is 2.04 bits per heavy atom.